The van der Waals surface area contributed by atoms with Gasteiger partial charge < -0.3 is 10.4 Å². The minimum Gasteiger partial charge on any atom is -0.478 e. The van der Waals surface area contributed by atoms with Crippen molar-refractivity contribution >= 4 is 5.97 Å². The molecule has 1 aromatic carbocycles. The zero-order valence-corrected chi connectivity index (χ0v) is 8.79. The molecule has 80 valence electrons. The zero-order valence-electron chi connectivity index (χ0n) is 8.79. The Morgan fingerprint density at radius 1 is 1.53 bits per heavy atom. The second kappa shape index (κ2) is 4.03. The van der Waals surface area contributed by atoms with Crippen LogP contribution in [0.15, 0.2) is 18.2 Å². The van der Waals surface area contributed by atoms with Gasteiger partial charge in [-0.2, -0.15) is 0 Å². The SMILES string of the molecule is Cc1ccc([C@H]2CCCN2)cc1C(=O)O. The first-order valence-electron chi connectivity index (χ1n) is 5.25. The molecule has 2 rings (SSSR count). The van der Waals surface area contributed by atoms with Crippen LogP contribution in [0, 0.1) is 6.92 Å². The molecule has 0 aliphatic carbocycles. The van der Waals surface area contributed by atoms with E-state index < -0.39 is 5.97 Å². The van der Waals surface area contributed by atoms with E-state index in [2.05, 4.69) is 5.32 Å². The molecule has 1 aliphatic rings. The van der Waals surface area contributed by atoms with Crippen LogP contribution in [0.1, 0.15) is 40.4 Å². The quantitative estimate of drug-likeness (QED) is 0.777. The zero-order chi connectivity index (χ0) is 10.8. The van der Waals surface area contributed by atoms with Gasteiger partial charge in [0.25, 0.3) is 0 Å². The van der Waals surface area contributed by atoms with Crippen LogP contribution >= 0.6 is 0 Å². The van der Waals surface area contributed by atoms with Crippen LogP contribution in [-0.4, -0.2) is 17.6 Å². The van der Waals surface area contributed by atoms with Gasteiger partial charge in [-0.15, -0.1) is 0 Å². The lowest BCUT2D eigenvalue weighted by atomic mass is 9.99. The van der Waals surface area contributed by atoms with Crippen molar-refractivity contribution in [1.82, 2.24) is 5.32 Å². The van der Waals surface area contributed by atoms with E-state index in [-0.39, 0.29) is 0 Å². The smallest absolute Gasteiger partial charge is 0.335 e. The minimum absolute atomic E-state index is 0.337. The van der Waals surface area contributed by atoms with E-state index in [1.807, 2.05) is 19.1 Å². The molecule has 1 saturated heterocycles. The Hall–Kier alpha value is -1.35. The summed E-state index contributed by atoms with van der Waals surface area (Å²) in [5, 5.41) is 12.4. The highest BCUT2D eigenvalue weighted by Crippen LogP contribution is 2.24. The fraction of sp³-hybridized carbons (Fsp3) is 0.417. The highest BCUT2D eigenvalue weighted by Gasteiger charge is 2.18. The van der Waals surface area contributed by atoms with Crippen molar-refractivity contribution in [3.63, 3.8) is 0 Å². The fourth-order valence-corrected chi connectivity index (χ4v) is 2.06. The minimum atomic E-state index is -0.840. The lowest BCUT2D eigenvalue weighted by Crippen LogP contribution is -2.13. The van der Waals surface area contributed by atoms with Crippen molar-refractivity contribution in [3.05, 3.63) is 34.9 Å². The molecule has 0 saturated carbocycles. The number of hydrogen-bond acceptors (Lipinski definition) is 2. The molecule has 0 radical (unpaired) electrons. The largest absolute Gasteiger partial charge is 0.478 e. The maximum absolute atomic E-state index is 11.0. The summed E-state index contributed by atoms with van der Waals surface area (Å²) in [6.45, 7) is 2.86. The van der Waals surface area contributed by atoms with E-state index in [1.54, 1.807) is 6.07 Å². The van der Waals surface area contributed by atoms with E-state index >= 15 is 0 Å². The Bertz CT molecular complexity index is 381. The summed E-state index contributed by atoms with van der Waals surface area (Å²) in [4.78, 5) is 11.0. The van der Waals surface area contributed by atoms with Crippen LogP contribution in [0.3, 0.4) is 0 Å². The predicted octanol–water partition coefficient (Wildman–Crippen LogP) is 2.12. The summed E-state index contributed by atoms with van der Waals surface area (Å²) in [7, 11) is 0. The van der Waals surface area contributed by atoms with E-state index in [0.29, 0.717) is 11.6 Å². The predicted molar refractivity (Wildman–Crippen MR) is 58.1 cm³/mol. The topological polar surface area (TPSA) is 49.3 Å². The van der Waals surface area contributed by atoms with Crippen LogP contribution in [0.2, 0.25) is 0 Å². The van der Waals surface area contributed by atoms with E-state index in [9.17, 15) is 4.79 Å². The van der Waals surface area contributed by atoms with Gasteiger partial charge in [0.05, 0.1) is 5.56 Å². The van der Waals surface area contributed by atoms with Crippen molar-refractivity contribution < 1.29 is 9.90 Å². The maximum atomic E-state index is 11.0. The number of nitrogens with one attached hydrogen (secondary N) is 1. The summed E-state index contributed by atoms with van der Waals surface area (Å²) in [5.41, 5.74) is 2.33. The Morgan fingerprint density at radius 3 is 2.93 bits per heavy atom. The van der Waals surface area contributed by atoms with Gasteiger partial charge in [0.2, 0.25) is 0 Å². The van der Waals surface area contributed by atoms with Crippen molar-refractivity contribution in [2.24, 2.45) is 0 Å². The summed E-state index contributed by atoms with van der Waals surface area (Å²) < 4.78 is 0. The van der Waals surface area contributed by atoms with Gasteiger partial charge in [-0.25, -0.2) is 4.79 Å². The Labute approximate surface area is 89.1 Å². The number of rotatable bonds is 2. The maximum Gasteiger partial charge on any atom is 0.335 e. The van der Waals surface area contributed by atoms with E-state index in [4.69, 9.17) is 5.11 Å². The molecule has 2 N–H and O–H groups in total. The molecule has 1 heterocycles. The van der Waals surface area contributed by atoms with Crippen molar-refractivity contribution in [3.8, 4) is 0 Å². The van der Waals surface area contributed by atoms with Crippen LogP contribution in [0.4, 0.5) is 0 Å². The van der Waals surface area contributed by atoms with Gasteiger partial charge in [-0.1, -0.05) is 12.1 Å². The summed E-state index contributed by atoms with van der Waals surface area (Å²) >= 11 is 0. The number of carboxylic acids is 1. The lowest BCUT2D eigenvalue weighted by Gasteiger charge is -2.12. The molecule has 1 aromatic rings. The number of carboxylic acid groups (broad SMARTS) is 1. The van der Waals surface area contributed by atoms with Gasteiger partial charge >= 0.3 is 5.97 Å². The van der Waals surface area contributed by atoms with Crippen LogP contribution in [0.5, 0.6) is 0 Å². The molecule has 1 aliphatic heterocycles. The monoisotopic (exact) mass is 205 g/mol. The van der Waals surface area contributed by atoms with Gasteiger partial charge in [0, 0.05) is 6.04 Å². The molecule has 0 unspecified atom stereocenters. The third kappa shape index (κ3) is 2.02. The third-order valence-electron chi connectivity index (χ3n) is 2.95. The van der Waals surface area contributed by atoms with Crippen LogP contribution < -0.4 is 5.32 Å². The molecule has 0 bridgehead atoms. The molecule has 0 amide bonds. The second-order valence-electron chi connectivity index (χ2n) is 4.03. The average Bonchev–Trinajstić information content (AvgIpc) is 2.71. The molecular weight excluding hydrogens is 190 g/mol. The highest BCUT2D eigenvalue weighted by atomic mass is 16.4. The number of carbonyl (C=O) groups is 1. The summed E-state index contributed by atoms with van der Waals surface area (Å²) in [6, 6.07) is 6.04. The molecule has 0 spiro atoms. The standard InChI is InChI=1S/C12H15NO2/c1-8-4-5-9(7-10(8)12(14)15)11-3-2-6-13-11/h4-5,7,11,13H,2-3,6H2,1H3,(H,14,15)/t11-/m1/s1. The Kier molecular flexibility index (Phi) is 2.73. The molecule has 1 fully saturated rings. The van der Waals surface area contributed by atoms with Gasteiger partial charge in [0.15, 0.2) is 0 Å². The summed E-state index contributed by atoms with van der Waals surface area (Å²) in [6.07, 6.45) is 2.27. The second-order valence-corrected chi connectivity index (χ2v) is 4.03. The van der Waals surface area contributed by atoms with E-state index in [1.165, 1.54) is 6.42 Å². The number of aromatic carboxylic acids is 1. The Balaban J connectivity index is 2.33. The van der Waals surface area contributed by atoms with Crippen molar-refractivity contribution in [2.75, 3.05) is 6.54 Å². The molecule has 3 nitrogen and oxygen atoms in total. The van der Waals surface area contributed by atoms with Gasteiger partial charge in [0.1, 0.15) is 0 Å². The van der Waals surface area contributed by atoms with Gasteiger partial charge in [-0.3, -0.25) is 0 Å². The summed E-state index contributed by atoms with van der Waals surface area (Å²) in [5.74, 6) is -0.840. The Morgan fingerprint density at radius 2 is 2.33 bits per heavy atom. The van der Waals surface area contributed by atoms with Crippen LogP contribution in [-0.2, 0) is 0 Å². The highest BCUT2D eigenvalue weighted by molar-refractivity contribution is 5.89. The fourth-order valence-electron chi connectivity index (χ4n) is 2.06. The first kappa shape index (κ1) is 10.2. The molecule has 15 heavy (non-hydrogen) atoms. The molecular formula is C12H15NO2. The van der Waals surface area contributed by atoms with E-state index in [0.717, 1.165) is 24.1 Å². The third-order valence-corrected chi connectivity index (χ3v) is 2.95. The first-order valence-corrected chi connectivity index (χ1v) is 5.25. The van der Waals surface area contributed by atoms with Crippen molar-refractivity contribution in [1.29, 1.82) is 0 Å². The van der Waals surface area contributed by atoms with Gasteiger partial charge in [-0.05, 0) is 43.5 Å². The average molecular weight is 205 g/mol. The first-order chi connectivity index (χ1) is 7.18. The number of benzene rings is 1. The number of hydrogen-bond donors (Lipinski definition) is 2. The lowest BCUT2D eigenvalue weighted by molar-refractivity contribution is 0.0696. The van der Waals surface area contributed by atoms with Crippen LogP contribution in [0.25, 0.3) is 0 Å². The molecule has 1 atom stereocenters. The number of aryl methyl sites for hydroxylation is 1. The normalized spacial score (nSPS) is 20.5. The molecule has 3 heteroatoms. The molecule has 0 aromatic heterocycles. The van der Waals surface area contributed by atoms with Crippen molar-refractivity contribution in [2.45, 2.75) is 25.8 Å².